The molecule has 0 aliphatic carbocycles. The average Bonchev–Trinajstić information content (AvgIpc) is 3.09. The Morgan fingerprint density at radius 3 is 2.65 bits per heavy atom. The molecule has 0 aliphatic heterocycles. The van der Waals surface area contributed by atoms with Crippen molar-refractivity contribution in [3.05, 3.63) is 59.4 Å². The zero-order valence-corrected chi connectivity index (χ0v) is 12.9. The highest BCUT2D eigenvalue weighted by Gasteiger charge is 2.11. The molecule has 0 radical (unpaired) electrons. The second kappa shape index (κ2) is 6.45. The Morgan fingerprint density at radius 2 is 2.00 bits per heavy atom. The number of benzene rings is 2. The number of ether oxygens (including phenoxy) is 1. The van der Waals surface area contributed by atoms with Gasteiger partial charge in [0, 0.05) is 16.3 Å². The van der Waals surface area contributed by atoms with Gasteiger partial charge in [0.15, 0.2) is 0 Å². The Balaban J connectivity index is 1.87. The summed E-state index contributed by atoms with van der Waals surface area (Å²) in [4.78, 5) is 12.2. The van der Waals surface area contributed by atoms with Crippen molar-refractivity contribution in [1.29, 1.82) is 0 Å². The van der Waals surface area contributed by atoms with E-state index in [9.17, 15) is 4.79 Å². The molecular weight excluding hydrogens is 318 g/mol. The van der Waals surface area contributed by atoms with E-state index in [1.165, 1.54) is 11.0 Å². The van der Waals surface area contributed by atoms with Gasteiger partial charge in [-0.25, -0.2) is 0 Å². The summed E-state index contributed by atoms with van der Waals surface area (Å²) >= 11 is 5.82. The predicted octanol–water partition coefficient (Wildman–Crippen LogP) is 2.58. The molecule has 0 saturated carbocycles. The second-order valence-corrected chi connectivity index (χ2v) is 5.04. The molecule has 0 saturated heterocycles. The first kappa shape index (κ1) is 15.0. The summed E-state index contributed by atoms with van der Waals surface area (Å²) in [5, 5.41) is 14.4. The van der Waals surface area contributed by atoms with Crippen LogP contribution in [0.3, 0.4) is 0 Å². The highest BCUT2D eigenvalue weighted by atomic mass is 35.5. The molecule has 0 aliphatic rings. The number of carbonyl (C=O) groups is 1. The number of hydrogen-bond acceptors (Lipinski definition) is 5. The van der Waals surface area contributed by atoms with Gasteiger partial charge >= 0.3 is 0 Å². The fourth-order valence-electron chi connectivity index (χ4n) is 2.02. The van der Waals surface area contributed by atoms with E-state index in [1.807, 2.05) is 0 Å². The smallest absolute Gasteiger partial charge is 0.255 e. The van der Waals surface area contributed by atoms with Gasteiger partial charge in [-0.15, -0.1) is 5.10 Å². The van der Waals surface area contributed by atoms with Gasteiger partial charge in [-0.2, -0.15) is 4.68 Å². The van der Waals surface area contributed by atoms with E-state index in [4.69, 9.17) is 16.3 Å². The van der Waals surface area contributed by atoms with Gasteiger partial charge in [0.25, 0.3) is 5.91 Å². The molecule has 3 aromatic rings. The van der Waals surface area contributed by atoms with Crippen molar-refractivity contribution >= 4 is 23.2 Å². The number of carbonyl (C=O) groups excluding carboxylic acids is 1. The van der Waals surface area contributed by atoms with Crippen LogP contribution in [-0.4, -0.2) is 33.2 Å². The minimum Gasteiger partial charge on any atom is -0.494 e. The number of nitrogens with zero attached hydrogens (tertiary/aromatic N) is 4. The average molecular weight is 330 g/mol. The third kappa shape index (κ3) is 3.29. The first-order valence-electron chi connectivity index (χ1n) is 6.65. The normalized spacial score (nSPS) is 10.3. The van der Waals surface area contributed by atoms with Gasteiger partial charge in [0.1, 0.15) is 17.8 Å². The molecule has 8 heteroatoms. The molecule has 0 atom stereocenters. The third-order valence-electron chi connectivity index (χ3n) is 3.14. The summed E-state index contributed by atoms with van der Waals surface area (Å²) in [5.74, 6) is 0.344. The van der Waals surface area contributed by atoms with E-state index < -0.39 is 0 Å². The first-order valence-corrected chi connectivity index (χ1v) is 7.03. The highest BCUT2D eigenvalue weighted by molar-refractivity contribution is 6.30. The number of methoxy groups -OCH3 is 1. The Morgan fingerprint density at radius 1 is 1.22 bits per heavy atom. The summed E-state index contributed by atoms with van der Waals surface area (Å²) < 4.78 is 6.74. The maximum absolute atomic E-state index is 12.2. The Labute approximate surface area is 136 Å². The summed E-state index contributed by atoms with van der Waals surface area (Å²) in [5.41, 5.74) is 1.72. The quantitative estimate of drug-likeness (QED) is 0.795. The minimum absolute atomic E-state index is 0.241. The maximum atomic E-state index is 12.2. The summed E-state index contributed by atoms with van der Waals surface area (Å²) in [6, 6.07) is 11.8. The van der Waals surface area contributed by atoms with Crippen LogP contribution < -0.4 is 10.1 Å². The first-order chi connectivity index (χ1) is 11.2. The lowest BCUT2D eigenvalue weighted by Crippen LogP contribution is -2.12. The number of halogens is 1. The maximum Gasteiger partial charge on any atom is 0.255 e. The molecule has 1 N–H and O–H groups in total. The van der Waals surface area contributed by atoms with E-state index in [0.29, 0.717) is 27.7 Å². The van der Waals surface area contributed by atoms with Gasteiger partial charge in [-0.3, -0.25) is 4.79 Å². The molecular formula is C15H12ClN5O2. The van der Waals surface area contributed by atoms with Crippen molar-refractivity contribution in [1.82, 2.24) is 20.2 Å². The molecule has 0 spiro atoms. The van der Waals surface area contributed by atoms with Crippen molar-refractivity contribution in [2.24, 2.45) is 0 Å². The van der Waals surface area contributed by atoms with Crippen LogP contribution in [0.2, 0.25) is 5.02 Å². The number of tetrazole rings is 1. The molecule has 1 heterocycles. The largest absolute Gasteiger partial charge is 0.494 e. The number of hydrogen-bond donors (Lipinski definition) is 1. The fourth-order valence-corrected chi connectivity index (χ4v) is 2.15. The lowest BCUT2D eigenvalue weighted by atomic mass is 10.2. The van der Waals surface area contributed by atoms with Crippen LogP contribution in [0.5, 0.6) is 5.75 Å². The lowest BCUT2D eigenvalue weighted by molar-refractivity contribution is 0.102. The van der Waals surface area contributed by atoms with Crippen LogP contribution in [0.1, 0.15) is 10.4 Å². The molecule has 7 nitrogen and oxygen atoms in total. The molecule has 0 fully saturated rings. The molecule has 1 aromatic heterocycles. The van der Waals surface area contributed by atoms with Crippen LogP contribution in [0.25, 0.3) is 5.69 Å². The Hall–Kier alpha value is -2.93. The summed E-state index contributed by atoms with van der Waals surface area (Å²) in [6.45, 7) is 0. The van der Waals surface area contributed by atoms with E-state index in [0.717, 1.165) is 0 Å². The molecule has 116 valence electrons. The molecule has 2 aromatic carbocycles. The van der Waals surface area contributed by atoms with Crippen molar-refractivity contribution in [3.63, 3.8) is 0 Å². The van der Waals surface area contributed by atoms with Crippen LogP contribution >= 0.6 is 11.6 Å². The molecule has 23 heavy (non-hydrogen) atoms. The van der Waals surface area contributed by atoms with Gasteiger partial charge in [-0.1, -0.05) is 11.6 Å². The van der Waals surface area contributed by atoms with Gasteiger partial charge in [0.05, 0.1) is 7.11 Å². The van der Waals surface area contributed by atoms with Crippen molar-refractivity contribution in [2.45, 2.75) is 0 Å². The Kier molecular flexibility index (Phi) is 4.20. The molecule has 0 unspecified atom stereocenters. The topological polar surface area (TPSA) is 81.9 Å². The molecule has 0 bridgehead atoms. The number of rotatable bonds is 4. The highest BCUT2D eigenvalue weighted by Crippen LogP contribution is 2.25. The van der Waals surface area contributed by atoms with Crippen LogP contribution in [0.15, 0.2) is 48.8 Å². The van der Waals surface area contributed by atoms with Gasteiger partial charge < -0.3 is 10.1 Å². The monoisotopic (exact) mass is 329 g/mol. The second-order valence-electron chi connectivity index (χ2n) is 4.60. The van der Waals surface area contributed by atoms with Crippen molar-refractivity contribution < 1.29 is 9.53 Å². The van der Waals surface area contributed by atoms with E-state index in [2.05, 4.69) is 20.8 Å². The number of nitrogens with one attached hydrogen (secondary N) is 1. The predicted molar refractivity (Wildman–Crippen MR) is 85.1 cm³/mol. The Bertz CT molecular complexity index is 818. The standard InChI is InChI=1S/C15H12ClN5O2/c1-23-14-7-6-12(8-13(14)21-9-17-19-20-21)18-15(22)10-2-4-11(16)5-3-10/h2-9H,1H3,(H,18,22). The minimum atomic E-state index is -0.241. The molecule has 3 rings (SSSR count). The van der Waals surface area contributed by atoms with Crippen molar-refractivity contribution in [2.75, 3.05) is 12.4 Å². The van der Waals surface area contributed by atoms with Crippen LogP contribution in [-0.2, 0) is 0 Å². The summed E-state index contributed by atoms with van der Waals surface area (Å²) in [6.07, 6.45) is 1.45. The zero-order valence-electron chi connectivity index (χ0n) is 12.1. The zero-order chi connectivity index (χ0) is 16.2. The SMILES string of the molecule is COc1ccc(NC(=O)c2ccc(Cl)cc2)cc1-n1cnnn1. The van der Waals surface area contributed by atoms with Gasteiger partial charge in [-0.05, 0) is 52.9 Å². The number of aromatic nitrogens is 4. The van der Waals surface area contributed by atoms with E-state index in [1.54, 1.807) is 49.6 Å². The summed E-state index contributed by atoms with van der Waals surface area (Å²) in [7, 11) is 1.55. The number of amides is 1. The number of anilines is 1. The van der Waals surface area contributed by atoms with Crippen molar-refractivity contribution in [3.8, 4) is 11.4 Å². The van der Waals surface area contributed by atoms with E-state index in [-0.39, 0.29) is 5.91 Å². The fraction of sp³-hybridized carbons (Fsp3) is 0.0667. The van der Waals surface area contributed by atoms with Crippen LogP contribution in [0, 0.1) is 0 Å². The third-order valence-corrected chi connectivity index (χ3v) is 3.39. The molecule has 1 amide bonds. The van der Waals surface area contributed by atoms with E-state index >= 15 is 0 Å². The van der Waals surface area contributed by atoms with Gasteiger partial charge in [0.2, 0.25) is 0 Å². The van der Waals surface area contributed by atoms with Crippen LogP contribution in [0.4, 0.5) is 5.69 Å². The lowest BCUT2D eigenvalue weighted by Gasteiger charge is -2.11.